The van der Waals surface area contributed by atoms with E-state index in [2.05, 4.69) is 22.6 Å². The van der Waals surface area contributed by atoms with Crippen molar-refractivity contribution in [3.05, 3.63) is 69.7 Å². The van der Waals surface area contributed by atoms with Crippen LogP contribution in [0.2, 0.25) is 0 Å². The van der Waals surface area contributed by atoms with Gasteiger partial charge in [-0.25, -0.2) is 9.88 Å². The molecule has 2 rings (SSSR count). The second kappa shape index (κ2) is 14.2. The first-order chi connectivity index (χ1) is 17.9. The molecule has 210 valence electrons. The molecule has 1 saturated heterocycles. The molecular weight excluding hydrogens is 533 g/mol. The maximum atomic E-state index is 12.3. The van der Waals surface area contributed by atoms with E-state index in [0.29, 0.717) is 18.8 Å². The fourth-order valence-corrected chi connectivity index (χ4v) is 6.03. The van der Waals surface area contributed by atoms with Crippen molar-refractivity contribution in [2.45, 2.75) is 70.3 Å². The fourth-order valence-electron chi connectivity index (χ4n) is 3.47. The van der Waals surface area contributed by atoms with Crippen LogP contribution in [-0.4, -0.2) is 62.9 Å². The van der Waals surface area contributed by atoms with Crippen molar-refractivity contribution in [1.82, 2.24) is 14.6 Å². The molecule has 11 nitrogen and oxygen atoms in total. The normalized spacial score (nSPS) is 26.3. The van der Waals surface area contributed by atoms with Gasteiger partial charge in [0, 0.05) is 18.3 Å². The predicted molar refractivity (Wildman–Crippen MR) is 148 cm³/mol. The molecule has 0 bridgehead atoms. The van der Waals surface area contributed by atoms with Crippen LogP contribution in [0.25, 0.3) is 0 Å². The minimum atomic E-state index is -3.29. The SMILES string of the molecule is C#CC1(O)C(O)C(COP(=S)(NC(CC)COC(C)C)OC(C=CC=C)=CC)OC1n1ccc(=O)[nH]c1=O. The van der Waals surface area contributed by atoms with Crippen LogP contribution in [0.5, 0.6) is 0 Å². The number of nitrogens with one attached hydrogen (secondary N) is 2. The number of ether oxygens (including phenoxy) is 2. The summed E-state index contributed by atoms with van der Waals surface area (Å²) in [5.41, 5.74) is -3.82. The molecule has 4 N–H and O–H groups in total. The third-order valence-electron chi connectivity index (χ3n) is 5.60. The summed E-state index contributed by atoms with van der Waals surface area (Å²) in [5.74, 6) is 2.53. The minimum absolute atomic E-state index is 0.00362. The van der Waals surface area contributed by atoms with Crippen molar-refractivity contribution in [3.8, 4) is 12.3 Å². The summed E-state index contributed by atoms with van der Waals surface area (Å²) in [6.07, 6.45) is 9.57. The molecule has 0 amide bonds. The van der Waals surface area contributed by atoms with Crippen LogP contribution in [-0.2, 0) is 30.3 Å². The first kappa shape index (κ1) is 31.9. The van der Waals surface area contributed by atoms with Gasteiger partial charge >= 0.3 is 12.3 Å². The van der Waals surface area contributed by atoms with Crippen LogP contribution in [0.3, 0.4) is 0 Å². The van der Waals surface area contributed by atoms with Gasteiger partial charge in [0.2, 0.25) is 0 Å². The van der Waals surface area contributed by atoms with Gasteiger partial charge in [0.05, 0.1) is 19.3 Å². The molecule has 0 saturated carbocycles. The van der Waals surface area contributed by atoms with E-state index in [1.54, 1.807) is 31.2 Å². The molecule has 0 radical (unpaired) electrons. The molecule has 1 aromatic rings. The monoisotopic (exact) mass is 569 g/mol. The number of hydrogen-bond acceptors (Lipinski definition) is 9. The molecule has 0 spiro atoms. The molecule has 1 aromatic heterocycles. The van der Waals surface area contributed by atoms with Crippen LogP contribution in [0.1, 0.15) is 40.3 Å². The van der Waals surface area contributed by atoms with Gasteiger partial charge in [-0.1, -0.05) is 31.6 Å². The summed E-state index contributed by atoms with van der Waals surface area (Å²) in [6, 6.07) is 0.851. The van der Waals surface area contributed by atoms with Crippen LogP contribution in [0, 0.1) is 12.3 Å². The van der Waals surface area contributed by atoms with E-state index in [0.717, 1.165) is 16.8 Å². The standard InChI is InChI=1S/C25H36N3O8PS/c1-7-11-12-19(9-3)36-37(38,27-18(8-2)15-33-17(5)6)34-16-20-22(30)25(32,10-4)23(35-20)28-14-13-21(29)26-24(28)31/h4,7,9,11-14,17-18,20,22-23,30,32H,1,8,15-16H2,2-3,5-6H3,(H,27,38)(H,26,29,31). The van der Waals surface area contributed by atoms with Gasteiger partial charge in [-0.05, 0) is 51.2 Å². The van der Waals surface area contributed by atoms with Crippen LogP contribution in [0.15, 0.2) is 58.5 Å². The topological polar surface area (TPSA) is 144 Å². The van der Waals surface area contributed by atoms with Gasteiger partial charge in [-0.2, -0.15) is 0 Å². The summed E-state index contributed by atoms with van der Waals surface area (Å²) >= 11 is 5.80. The molecular formula is C25H36N3O8PS. The van der Waals surface area contributed by atoms with Crippen molar-refractivity contribution in [2.24, 2.45) is 0 Å². The van der Waals surface area contributed by atoms with E-state index in [1.165, 1.54) is 0 Å². The Labute approximate surface area is 227 Å². The smallest absolute Gasteiger partial charge is 0.330 e. The highest BCUT2D eigenvalue weighted by Crippen LogP contribution is 2.49. The van der Waals surface area contributed by atoms with Crippen LogP contribution < -0.4 is 16.3 Å². The molecule has 2 heterocycles. The van der Waals surface area contributed by atoms with Crippen molar-refractivity contribution in [3.63, 3.8) is 0 Å². The number of aromatic nitrogens is 2. The summed E-state index contributed by atoms with van der Waals surface area (Å²) in [6.45, 7) is 7.93. The Morgan fingerprint density at radius 2 is 2.21 bits per heavy atom. The van der Waals surface area contributed by atoms with E-state index in [-0.39, 0.29) is 18.8 Å². The number of terminal acetylenes is 1. The van der Waals surface area contributed by atoms with Gasteiger partial charge < -0.3 is 28.7 Å². The van der Waals surface area contributed by atoms with Crippen molar-refractivity contribution < 1.29 is 28.7 Å². The molecule has 1 fully saturated rings. The van der Waals surface area contributed by atoms with Crippen LogP contribution >= 0.6 is 6.64 Å². The van der Waals surface area contributed by atoms with E-state index in [1.807, 2.05) is 20.8 Å². The Bertz CT molecular complexity index is 1220. The zero-order valence-electron chi connectivity index (χ0n) is 21.9. The number of hydrogen-bond donors (Lipinski definition) is 4. The Morgan fingerprint density at radius 1 is 1.50 bits per heavy atom. The number of aromatic amines is 1. The second-order valence-corrected chi connectivity index (χ2v) is 11.9. The summed E-state index contributed by atoms with van der Waals surface area (Å²) in [5, 5.41) is 25.1. The molecule has 13 heteroatoms. The summed E-state index contributed by atoms with van der Waals surface area (Å²) < 4.78 is 24.5. The Hall–Kier alpha value is -2.33. The largest absolute Gasteiger partial charge is 0.433 e. The van der Waals surface area contributed by atoms with E-state index in [9.17, 15) is 19.8 Å². The van der Waals surface area contributed by atoms with Gasteiger partial charge in [-0.15, -0.1) is 6.42 Å². The fraction of sp³-hybridized carbons (Fsp3) is 0.520. The molecule has 1 aliphatic heterocycles. The highest BCUT2D eigenvalue weighted by atomic mass is 32.5. The Morgan fingerprint density at radius 3 is 2.76 bits per heavy atom. The molecule has 6 unspecified atom stereocenters. The lowest BCUT2D eigenvalue weighted by molar-refractivity contribution is -0.0755. The van der Waals surface area contributed by atoms with Gasteiger partial charge in [0.1, 0.15) is 18.0 Å². The number of H-pyrrole nitrogens is 1. The van der Waals surface area contributed by atoms with E-state index < -0.39 is 41.9 Å². The average molecular weight is 570 g/mol. The van der Waals surface area contributed by atoms with Gasteiger partial charge in [-0.3, -0.25) is 14.3 Å². The number of nitrogens with zero attached hydrogens (tertiary/aromatic N) is 1. The van der Waals surface area contributed by atoms with Crippen molar-refractivity contribution >= 4 is 18.4 Å². The lowest BCUT2D eigenvalue weighted by Gasteiger charge is -2.30. The molecule has 6 atom stereocenters. The third kappa shape index (κ3) is 8.09. The zero-order chi connectivity index (χ0) is 28.5. The zero-order valence-corrected chi connectivity index (χ0v) is 23.6. The lowest BCUT2D eigenvalue weighted by Crippen LogP contribution is -2.48. The summed E-state index contributed by atoms with van der Waals surface area (Å²) in [7, 11) is 0. The van der Waals surface area contributed by atoms with E-state index >= 15 is 0 Å². The molecule has 0 aromatic carbocycles. The lowest BCUT2D eigenvalue weighted by atomic mass is 9.95. The quantitative estimate of drug-likeness (QED) is 0.113. The minimum Gasteiger partial charge on any atom is -0.433 e. The molecule has 1 aliphatic rings. The number of aliphatic hydroxyl groups excluding tert-OH is 1. The second-order valence-electron chi connectivity index (χ2n) is 8.75. The Kier molecular flexibility index (Phi) is 11.9. The summed E-state index contributed by atoms with van der Waals surface area (Å²) in [4.78, 5) is 25.9. The third-order valence-corrected chi connectivity index (χ3v) is 8.08. The highest BCUT2D eigenvalue weighted by molar-refractivity contribution is 8.09. The number of allylic oxidation sites excluding steroid dienone is 4. The maximum Gasteiger partial charge on any atom is 0.330 e. The van der Waals surface area contributed by atoms with Gasteiger partial charge in [0.15, 0.2) is 11.8 Å². The Balaban J connectivity index is 2.32. The molecule has 38 heavy (non-hydrogen) atoms. The first-order valence-corrected chi connectivity index (χ1v) is 14.7. The van der Waals surface area contributed by atoms with Crippen molar-refractivity contribution in [2.75, 3.05) is 13.2 Å². The number of rotatable bonds is 14. The van der Waals surface area contributed by atoms with Crippen molar-refractivity contribution in [1.29, 1.82) is 0 Å². The first-order valence-electron chi connectivity index (χ1n) is 12.1. The highest BCUT2D eigenvalue weighted by Gasteiger charge is 2.56. The predicted octanol–water partition coefficient (Wildman–Crippen LogP) is 1.86. The van der Waals surface area contributed by atoms with Gasteiger partial charge in [0.25, 0.3) is 5.56 Å². The van der Waals surface area contributed by atoms with Crippen LogP contribution in [0.4, 0.5) is 0 Å². The van der Waals surface area contributed by atoms with E-state index in [4.69, 9.17) is 36.8 Å². The average Bonchev–Trinajstić information content (AvgIpc) is 3.13. The molecule has 0 aliphatic carbocycles. The number of aliphatic hydroxyl groups is 2. The maximum absolute atomic E-state index is 12.3.